The molecule has 6 heteroatoms. The van der Waals surface area contributed by atoms with Crippen molar-refractivity contribution >= 4 is 37.5 Å². The summed E-state index contributed by atoms with van der Waals surface area (Å²) < 4.78 is 30.6. The molecule has 4 nitrogen and oxygen atoms in total. The fourth-order valence-electron chi connectivity index (χ4n) is 2.44. The van der Waals surface area contributed by atoms with E-state index >= 15 is 0 Å². The first-order valence-electron chi connectivity index (χ1n) is 7.92. The summed E-state index contributed by atoms with van der Waals surface area (Å²) in [7, 11) is -2.05. The molecular weight excluding hydrogens is 412 g/mol. The van der Waals surface area contributed by atoms with Gasteiger partial charge in [-0.1, -0.05) is 64.5 Å². The molecule has 26 heavy (non-hydrogen) atoms. The van der Waals surface area contributed by atoms with Crippen molar-refractivity contribution < 1.29 is 8.42 Å². The summed E-state index contributed by atoms with van der Waals surface area (Å²) in [6, 6.07) is 25.3. The van der Waals surface area contributed by atoms with Crippen LogP contribution in [0.1, 0.15) is 5.56 Å². The third kappa shape index (κ3) is 4.20. The highest BCUT2D eigenvalue weighted by atomic mass is 79.9. The second-order valence-electron chi connectivity index (χ2n) is 5.60. The second kappa shape index (κ2) is 7.85. The highest BCUT2D eigenvalue weighted by molar-refractivity contribution is 9.10. The predicted octanol–water partition coefficient (Wildman–Crippen LogP) is 4.72. The minimum Gasteiger partial charge on any atom is -0.328 e. The predicted molar refractivity (Wildman–Crippen MR) is 109 cm³/mol. The number of hydrogen-bond acceptors (Lipinski definition) is 2. The molecule has 0 radical (unpaired) electrons. The summed E-state index contributed by atoms with van der Waals surface area (Å²) in [5, 5.41) is 0. The fourth-order valence-corrected chi connectivity index (χ4v) is 3.75. The van der Waals surface area contributed by atoms with Crippen molar-refractivity contribution in [2.45, 2.75) is 4.90 Å². The molecule has 3 rings (SSSR count). The van der Waals surface area contributed by atoms with Crippen LogP contribution in [0.3, 0.4) is 0 Å². The van der Waals surface area contributed by atoms with Gasteiger partial charge >= 0.3 is 0 Å². The van der Waals surface area contributed by atoms with Gasteiger partial charge in [0.1, 0.15) is 0 Å². The molecule has 0 saturated carbocycles. The molecule has 0 spiro atoms. The van der Waals surface area contributed by atoms with Gasteiger partial charge in [0.15, 0.2) is 5.84 Å². The number of rotatable bonds is 4. The van der Waals surface area contributed by atoms with Crippen molar-refractivity contribution in [3.05, 3.63) is 95.0 Å². The third-order valence-corrected chi connectivity index (χ3v) is 5.62. The van der Waals surface area contributed by atoms with Crippen LogP contribution in [0, 0.1) is 0 Å². The molecule has 0 saturated heterocycles. The van der Waals surface area contributed by atoms with Gasteiger partial charge < -0.3 is 4.90 Å². The number of amidine groups is 1. The highest BCUT2D eigenvalue weighted by Crippen LogP contribution is 2.21. The average molecular weight is 429 g/mol. The topological polar surface area (TPSA) is 49.7 Å². The zero-order valence-electron chi connectivity index (χ0n) is 14.1. The van der Waals surface area contributed by atoms with Crippen molar-refractivity contribution in [1.29, 1.82) is 0 Å². The van der Waals surface area contributed by atoms with E-state index in [0.29, 0.717) is 5.84 Å². The molecule has 0 N–H and O–H groups in total. The van der Waals surface area contributed by atoms with Crippen LogP contribution in [0.2, 0.25) is 0 Å². The Bertz CT molecular complexity index is 1000. The van der Waals surface area contributed by atoms with Gasteiger partial charge in [-0.3, -0.25) is 0 Å². The summed E-state index contributed by atoms with van der Waals surface area (Å²) >= 11 is 3.31. The van der Waals surface area contributed by atoms with E-state index in [9.17, 15) is 8.42 Å². The van der Waals surface area contributed by atoms with Crippen LogP contribution in [-0.4, -0.2) is 21.3 Å². The summed E-state index contributed by atoms with van der Waals surface area (Å²) in [5.41, 5.74) is 1.57. The van der Waals surface area contributed by atoms with E-state index in [0.717, 1.165) is 15.7 Å². The number of anilines is 1. The quantitative estimate of drug-likeness (QED) is 0.446. The molecule has 0 unspecified atom stereocenters. The van der Waals surface area contributed by atoms with Crippen LogP contribution >= 0.6 is 15.9 Å². The van der Waals surface area contributed by atoms with Crippen LogP contribution < -0.4 is 4.90 Å². The third-order valence-electron chi connectivity index (χ3n) is 3.81. The molecule has 0 aromatic heterocycles. The highest BCUT2D eigenvalue weighted by Gasteiger charge is 2.19. The fraction of sp³-hybridized carbons (Fsp3) is 0.0500. The van der Waals surface area contributed by atoms with Gasteiger partial charge in [-0.05, 0) is 36.4 Å². The second-order valence-corrected chi connectivity index (χ2v) is 8.12. The Morgan fingerprint density at radius 2 is 1.38 bits per heavy atom. The van der Waals surface area contributed by atoms with E-state index in [1.54, 1.807) is 24.1 Å². The number of nitrogens with zero attached hydrogens (tertiary/aromatic N) is 2. The monoisotopic (exact) mass is 428 g/mol. The van der Waals surface area contributed by atoms with Crippen molar-refractivity contribution in [1.82, 2.24) is 0 Å². The molecule has 0 atom stereocenters. The summed E-state index contributed by atoms with van der Waals surface area (Å²) in [6.45, 7) is 0. The maximum absolute atomic E-state index is 12.8. The first-order chi connectivity index (χ1) is 12.5. The Morgan fingerprint density at radius 1 is 0.846 bits per heavy atom. The Kier molecular flexibility index (Phi) is 5.54. The number of benzene rings is 3. The molecule has 0 amide bonds. The Labute approximate surface area is 162 Å². The summed E-state index contributed by atoms with van der Waals surface area (Å²) in [4.78, 5) is 1.92. The normalized spacial score (nSPS) is 12.0. The number of halogens is 1. The molecule has 132 valence electrons. The number of hydrogen-bond donors (Lipinski definition) is 0. The van der Waals surface area contributed by atoms with Crippen molar-refractivity contribution in [2.24, 2.45) is 4.40 Å². The molecule has 0 bridgehead atoms. The van der Waals surface area contributed by atoms with Gasteiger partial charge in [-0.2, -0.15) is 8.42 Å². The lowest BCUT2D eigenvalue weighted by Gasteiger charge is -2.21. The van der Waals surface area contributed by atoms with E-state index in [1.165, 1.54) is 12.1 Å². The van der Waals surface area contributed by atoms with Crippen LogP contribution in [0.15, 0.2) is 98.7 Å². The van der Waals surface area contributed by atoms with E-state index < -0.39 is 10.0 Å². The van der Waals surface area contributed by atoms with Crippen molar-refractivity contribution in [3.8, 4) is 0 Å². The van der Waals surface area contributed by atoms with E-state index in [4.69, 9.17) is 0 Å². The average Bonchev–Trinajstić information content (AvgIpc) is 2.67. The van der Waals surface area contributed by atoms with Gasteiger partial charge in [-0.25, -0.2) is 0 Å². The van der Waals surface area contributed by atoms with Gasteiger partial charge in [0.25, 0.3) is 10.0 Å². The summed E-state index contributed by atoms with van der Waals surface area (Å²) in [6.07, 6.45) is 0. The molecular formula is C20H17BrN2O2S. The molecule has 0 aliphatic rings. The smallest absolute Gasteiger partial charge is 0.284 e. The van der Waals surface area contributed by atoms with Crippen LogP contribution in [-0.2, 0) is 10.0 Å². The lowest BCUT2D eigenvalue weighted by atomic mass is 10.2. The standard InChI is InChI=1S/C20H17BrN2O2S/c1-23(18-10-6-3-7-11-18)20(16-8-4-2-5-9-16)22-26(24,25)19-14-12-17(21)13-15-19/h2-15H,1H3/b22-20-. The number of sulfonamides is 1. The van der Waals surface area contributed by atoms with E-state index in [-0.39, 0.29) is 4.90 Å². The lowest BCUT2D eigenvalue weighted by Crippen LogP contribution is -2.28. The van der Waals surface area contributed by atoms with Gasteiger partial charge in [0, 0.05) is 22.8 Å². The molecule has 3 aromatic rings. The first-order valence-corrected chi connectivity index (χ1v) is 10.2. The molecule has 0 heterocycles. The zero-order chi connectivity index (χ0) is 18.6. The van der Waals surface area contributed by atoms with Crippen LogP contribution in [0.5, 0.6) is 0 Å². The van der Waals surface area contributed by atoms with Crippen molar-refractivity contribution in [2.75, 3.05) is 11.9 Å². The first kappa shape index (κ1) is 18.4. The minimum atomic E-state index is -3.85. The van der Waals surface area contributed by atoms with Crippen LogP contribution in [0.4, 0.5) is 5.69 Å². The Hall–Kier alpha value is -2.44. The maximum atomic E-state index is 12.8. The van der Waals surface area contributed by atoms with E-state index in [2.05, 4.69) is 20.3 Å². The SMILES string of the molecule is CN(/C(=N\S(=O)(=O)c1ccc(Br)cc1)c1ccccc1)c1ccccc1. The van der Waals surface area contributed by atoms with Crippen molar-refractivity contribution in [3.63, 3.8) is 0 Å². The van der Waals surface area contributed by atoms with Gasteiger partial charge in [0.2, 0.25) is 0 Å². The number of para-hydroxylation sites is 1. The van der Waals surface area contributed by atoms with Gasteiger partial charge in [-0.15, -0.1) is 4.40 Å². The largest absolute Gasteiger partial charge is 0.328 e. The Balaban J connectivity index is 2.11. The van der Waals surface area contributed by atoms with Crippen LogP contribution in [0.25, 0.3) is 0 Å². The Morgan fingerprint density at radius 3 is 1.96 bits per heavy atom. The molecule has 0 fully saturated rings. The lowest BCUT2D eigenvalue weighted by molar-refractivity contribution is 0.598. The summed E-state index contributed by atoms with van der Waals surface area (Å²) in [5.74, 6) is 0.361. The maximum Gasteiger partial charge on any atom is 0.284 e. The van der Waals surface area contributed by atoms with Gasteiger partial charge in [0.05, 0.1) is 4.90 Å². The molecule has 3 aromatic carbocycles. The molecule has 0 aliphatic carbocycles. The van der Waals surface area contributed by atoms with E-state index in [1.807, 2.05) is 60.7 Å². The molecule has 0 aliphatic heterocycles. The minimum absolute atomic E-state index is 0.149. The zero-order valence-corrected chi connectivity index (χ0v) is 16.5.